The first-order chi connectivity index (χ1) is 17.2. The molecule has 2 N–H and O–H groups in total. The number of hydrogen-bond donors (Lipinski definition) is 2. The number of nitrogens with one attached hydrogen (secondary N) is 2. The average molecular weight is 551 g/mol. The second-order valence-electron chi connectivity index (χ2n) is 9.74. The van der Waals surface area contributed by atoms with E-state index in [0.717, 1.165) is 63.5 Å². The molecule has 0 aromatic heterocycles. The summed E-state index contributed by atoms with van der Waals surface area (Å²) < 4.78 is 63.5. The second-order valence-corrected chi connectivity index (χ2v) is 13.4. The summed E-state index contributed by atoms with van der Waals surface area (Å²) >= 11 is 0. The lowest BCUT2D eigenvalue weighted by molar-refractivity contribution is -0.140. The van der Waals surface area contributed by atoms with Gasteiger partial charge in [-0.25, -0.2) is 35.9 Å². The van der Waals surface area contributed by atoms with Crippen molar-refractivity contribution in [1.82, 2.24) is 9.44 Å². The molecule has 0 aromatic carbocycles. The molecule has 2 saturated carbocycles. The molecule has 0 radical (unpaired) electrons. The summed E-state index contributed by atoms with van der Waals surface area (Å²) in [6.07, 6.45) is 13.0. The van der Waals surface area contributed by atoms with Gasteiger partial charge >= 0.3 is 11.9 Å². The predicted molar refractivity (Wildman–Crippen MR) is 137 cm³/mol. The van der Waals surface area contributed by atoms with Crippen LogP contribution in [0.4, 0.5) is 0 Å². The van der Waals surface area contributed by atoms with Crippen LogP contribution in [-0.4, -0.2) is 66.6 Å². The van der Waals surface area contributed by atoms with E-state index >= 15 is 0 Å². The van der Waals surface area contributed by atoms with Gasteiger partial charge < -0.3 is 9.47 Å². The van der Waals surface area contributed by atoms with Gasteiger partial charge in [0.15, 0.2) is 0 Å². The van der Waals surface area contributed by atoms with Crippen molar-refractivity contribution in [1.29, 1.82) is 0 Å². The van der Waals surface area contributed by atoms with Gasteiger partial charge in [0.05, 0.1) is 24.7 Å². The standard InChI is InChI=1S/C24H42N2O8S2/c27-23(33-17-7-15-25-35(29,30)19-21-9-3-1-4-10-21)13-14-24(28)34-18-8-16-26-36(31,32)20-22-11-5-2-6-12-22/h13-14,21-22,25-26H,1-12,15-20H2/b14-13+. The molecule has 0 unspecified atom stereocenters. The van der Waals surface area contributed by atoms with Crippen LogP contribution in [0.3, 0.4) is 0 Å². The molecular formula is C24H42N2O8S2. The van der Waals surface area contributed by atoms with Crippen LogP contribution in [-0.2, 0) is 39.1 Å². The molecule has 10 nitrogen and oxygen atoms in total. The van der Waals surface area contributed by atoms with E-state index in [1.165, 1.54) is 12.8 Å². The Balaban J connectivity index is 1.48. The maximum atomic E-state index is 12.1. The molecule has 0 aromatic rings. The highest BCUT2D eigenvalue weighted by molar-refractivity contribution is 7.89. The van der Waals surface area contributed by atoms with Crippen molar-refractivity contribution in [2.75, 3.05) is 37.8 Å². The van der Waals surface area contributed by atoms with Gasteiger partial charge in [0, 0.05) is 25.2 Å². The van der Waals surface area contributed by atoms with Crippen molar-refractivity contribution in [3.8, 4) is 0 Å². The Kier molecular flexibility index (Phi) is 14.0. The molecule has 0 saturated heterocycles. The van der Waals surface area contributed by atoms with Crippen molar-refractivity contribution in [2.24, 2.45) is 11.8 Å². The van der Waals surface area contributed by atoms with Gasteiger partial charge in [-0.2, -0.15) is 0 Å². The third-order valence-corrected chi connectivity index (χ3v) is 9.60. The van der Waals surface area contributed by atoms with Gasteiger partial charge in [-0.3, -0.25) is 0 Å². The number of carbonyl (C=O) groups is 2. The Morgan fingerprint density at radius 1 is 0.639 bits per heavy atom. The van der Waals surface area contributed by atoms with Crippen LogP contribution in [0.1, 0.15) is 77.0 Å². The maximum Gasteiger partial charge on any atom is 0.331 e. The topological polar surface area (TPSA) is 145 Å². The smallest absolute Gasteiger partial charge is 0.331 e. The molecule has 2 aliphatic carbocycles. The van der Waals surface area contributed by atoms with Crippen LogP contribution >= 0.6 is 0 Å². The number of esters is 2. The molecule has 0 spiro atoms. The van der Waals surface area contributed by atoms with E-state index in [1.54, 1.807) is 0 Å². The zero-order valence-corrected chi connectivity index (χ0v) is 22.8. The summed E-state index contributed by atoms with van der Waals surface area (Å²) in [5.41, 5.74) is 0. The van der Waals surface area contributed by atoms with E-state index in [1.807, 2.05) is 0 Å². The van der Waals surface area contributed by atoms with Crippen molar-refractivity contribution < 1.29 is 35.9 Å². The minimum Gasteiger partial charge on any atom is -0.462 e. The molecule has 0 amide bonds. The molecule has 208 valence electrons. The number of ether oxygens (including phenoxy) is 2. The lowest BCUT2D eigenvalue weighted by Gasteiger charge is -2.21. The average Bonchev–Trinajstić information content (AvgIpc) is 2.83. The van der Waals surface area contributed by atoms with Crippen LogP contribution in [0.25, 0.3) is 0 Å². The quantitative estimate of drug-likeness (QED) is 0.169. The third kappa shape index (κ3) is 14.3. The van der Waals surface area contributed by atoms with E-state index in [0.29, 0.717) is 12.8 Å². The molecule has 2 aliphatic rings. The largest absolute Gasteiger partial charge is 0.462 e. The molecule has 0 bridgehead atoms. The molecule has 12 heteroatoms. The lowest BCUT2D eigenvalue weighted by atomic mass is 9.91. The first kappa shape index (κ1) is 30.7. The fourth-order valence-corrected chi connectivity index (χ4v) is 7.68. The summed E-state index contributed by atoms with van der Waals surface area (Å²) in [4.78, 5) is 23.4. The summed E-state index contributed by atoms with van der Waals surface area (Å²) in [7, 11) is -6.67. The first-order valence-corrected chi connectivity index (χ1v) is 16.4. The molecule has 2 rings (SSSR count). The van der Waals surface area contributed by atoms with Crippen LogP contribution in [0, 0.1) is 11.8 Å². The minimum absolute atomic E-state index is 0.0190. The first-order valence-electron chi connectivity index (χ1n) is 13.1. The van der Waals surface area contributed by atoms with Crippen LogP contribution in [0.15, 0.2) is 12.2 Å². The van der Waals surface area contributed by atoms with E-state index in [2.05, 4.69) is 9.44 Å². The van der Waals surface area contributed by atoms with E-state index in [9.17, 15) is 26.4 Å². The Hall–Kier alpha value is -1.50. The zero-order chi connectivity index (χ0) is 26.3. The van der Waals surface area contributed by atoms with Crippen LogP contribution in [0.5, 0.6) is 0 Å². The van der Waals surface area contributed by atoms with E-state index < -0.39 is 32.0 Å². The molecule has 36 heavy (non-hydrogen) atoms. The summed E-state index contributed by atoms with van der Waals surface area (Å²) in [5.74, 6) is -0.738. The van der Waals surface area contributed by atoms with Crippen molar-refractivity contribution >= 4 is 32.0 Å². The number of rotatable bonds is 16. The number of sulfonamides is 2. The van der Waals surface area contributed by atoms with Crippen molar-refractivity contribution in [3.63, 3.8) is 0 Å². The van der Waals surface area contributed by atoms with E-state index in [-0.39, 0.29) is 49.6 Å². The highest BCUT2D eigenvalue weighted by Gasteiger charge is 2.22. The zero-order valence-electron chi connectivity index (χ0n) is 21.1. The Labute approximate surface area is 216 Å². The van der Waals surface area contributed by atoms with Crippen LogP contribution < -0.4 is 9.44 Å². The molecule has 0 heterocycles. The number of carbonyl (C=O) groups excluding carboxylic acids is 2. The summed E-state index contributed by atoms with van der Waals surface area (Å²) in [6.45, 7) is 0.396. The van der Waals surface area contributed by atoms with Gasteiger partial charge in [-0.15, -0.1) is 0 Å². The van der Waals surface area contributed by atoms with Crippen molar-refractivity contribution in [2.45, 2.75) is 77.0 Å². The van der Waals surface area contributed by atoms with E-state index in [4.69, 9.17) is 9.47 Å². The highest BCUT2D eigenvalue weighted by atomic mass is 32.2. The van der Waals surface area contributed by atoms with Gasteiger partial charge in [0.1, 0.15) is 0 Å². The fraction of sp³-hybridized carbons (Fsp3) is 0.833. The Bertz CT molecular complexity index is 832. The predicted octanol–water partition coefficient (Wildman–Crippen LogP) is 2.41. The maximum absolute atomic E-state index is 12.1. The summed E-state index contributed by atoms with van der Waals surface area (Å²) in [6, 6.07) is 0. The minimum atomic E-state index is -3.34. The molecule has 2 fully saturated rings. The lowest BCUT2D eigenvalue weighted by Crippen LogP contribution is -2.32. The van der Waals surface area contributed by atoms with Gasteiger partial charge in [0.2, 0.25) is 20.0 Å². The Morgan fingerprint density at radius 2 is 1.00 bits per heavy atom. The van der Waals surface area contributed by atoms with Crippen molar-refractivity contribution in [3.05, 3.63) is 12.2 Å². The number of hydrogen-bond acceptors (Lipinski definition) is 8. The fourth-order valence-electron chi connectivity index (χ4n) is 4.62. The SMILES string of the molecule is O=C(/C=C/C(=O)OCCCNS(=O)(=O)CC1CCCCC1)OCCCNS(=O)(=O)CC1CCCCC1. The highest BCUT2D eigenvalue weighted by Crippen LogP contribution is 2.25. The van der Waals surface area contributed by atoms with Gasteiger partial charge in [-0.05, 0) is 50.4 Å². The summed E-state index contributed by atoms with van der Waals surface area (Å²) in [5, 5.41) is 0. The third-order valence-electron chi connectivity index (χ3n) is 6.49. The van der Waals surface area contributed by atoms with Crippen LogP contribution in [0.2, 0.25) is 0 Å². The molecule has 0 aliphatic heterocycles. The Morgan fingerprint density at radius 3 is 1.36 bits per heavy atom. The monoisotopic (exact) mass is 550 g/mol. The normalized spacial score (nSPS) is 18.3. The van der Waals surface area contributed by atoms with Gasteiger partial charge in [-0.1, -0.05) is 38.5 Å². The molecule has 0 atom stereocenters. The molecular weight excluding hydrogens is 508 g/mol. The second kappa shape index (κ2) is 16.4. The van der Waals surface area contributed by atoms with Gasteiger partial charge in [0.25, 0.3) is 0 Å².